The Morgan fingerprint density at radius 2 is 0.826 bits per heavy atom. The minimum atomic E-state index is -0.0677. The molecule has 0 fully saturated rings. The van der Waals surface area contributed by atoms with E-state index in [1.165, 1.54) is 128 Å². The molecule has 0 aliphatic heterocycles. The summed E-state index contributed by atoms with van der Waals surface area (Å²) in [4.78, 5) is 20.4. The molecule has 0 unspecified atom stereocenters. The number of hydroxylamine groups is 2. The van der Waals surface area contributed by atoms with Crippen molar-refractivity contribution in [2.24, 2.45) is 0 Å². The second-order valence-electron chi connectivity index (χ2n) is 13.5. The SMILES string of the molecule is CCCCCC=CCC=CCCCCCCCCN(CCCCCCCCC=CCC=CCCCCC)OC(=O)CCCN(C)C. The smallest absolute Gasteiger partial charge is 0.325 e. The minimum Gasteiger partial charge on any atom is -0.368 e. The quantitative estimate of drug-likeness (QED) is 0.0391. The van der Waals surface area contributed by atoms with Crippen LogP contribution in [0.25, 0.3) is 0 Å². The van der Waals surface area contributed by atoms with Gasteiger partial charge in [-0.05, 0) is 104 Å². The van der Waals surface area contributed by atoms with Gasteiger partial charge in [-0.2, -0.15) is 0 Å². The van der Waals surface area contributed by atoms with Crippen molar-refractivity contribution in [2.45, 2.75) is 181 Å². The third kappa shape index (κ3) is 36.8. The number of nitrogens with zero attached hydrogens (tertiary/aromatic N) is 2. The number of allylic oxidation sites excluding steroid dienone is 8. The lowest BCUT2D eigenvalue weighted by Gasteiger charge is -2.21. The highest BCUT2D eigenvalue weighted by molar-refractivity contribution is 5.68. The molecule has 0 atom stereocenters. The van der Waals surface area contributed by atoms with E-state index < -0.39 is 0 Å². The predicted octanol–water partition coefficient (Wildman–Crippen LogP) is 12.7. The van der Waals surface area contributed by atoms with Crippen LogP contribution in [0.15, 0.2) is 48.6 Å². The van der Waals surface area contributed by atoms with Crippen LogP contribution in [-0.2, 0) is 9.63 Å². The Balaban J connectivity index is 4.01. The third-order valence-electron chi connectivity index (χ3n) is 8.43. The molecule has 4 nitrogen and oxygen atoms in total. The first-order valence-corrected chi connectivity index (χ1v) is 19.8. The van der Waals surface area contributed by atoms with Crippen LogP contribution in [0.3, 0.4) is 0 Å². The molecule has 0 aromatic carbocycles. The zero-order chi connectivity index (χ0) is 33.6. The Labute approximate surface area is 288 Å². The maximum atomic E-state index is 12.5. The summed E-state index contributed by atoms with van der Waals surface area (Å²) < 4.78 is 0. The summed E-state index contributed by atoms with van der Waals surface area (Å²) in [6.45, 7) is 7.18. The van der Waals surface area contributed by atoms with Gasteiger partial charge in [-0.15, -0.1) is 5.06 Å². The summed E-state index contributed by atoms with van der Waals surface area (Å²) in [6.07, 6.45) is 50.0. The van der Waals surface area contributed by atoms with Gasteiger partial charge in [0, 0.05) is 19.5 Å². The molecule has 0 saturated heterocycles. The molecule has 0 radical (unpaired) electrons. The first-order valence-electron chi connectivity index (χ1n) is 19.8. The molecule has 0 spiro atoms. The normalized spacial score (nSPS) is 12.4. The van der Waals surface area contributed by atoms with Gasteiger partial charge in [0.15, 0.2) is 0 Å². The summed E-state index contributed by atoms with van der Waals surface area (Å²) >= 11 is 0. The van der Waals surface area contributed by atoms with Gasteiger partial charge in [0.1, 0.15) is 0 Å². The second-order valence-corrected chi connectivity index (χ2v) is 13.5. The molecule has 0 saturated carbocycles. The highest BCUT2D eigenvalue weighted by Crippen LogP contribution is 2.12. The molecule has 46 heavy (non-hydrogen) atoms. The molecule has 0 bridgehead atoms. The fourth-order valence-corrected chi connectivity index (χ4v) is 5.49. The van der Waals surface area contributed by atoms with Crippen LogP contribution >= 0.6 is 0 Å². The number of carbonyl (C=O) groups excluding carboxylic acids is 1. The summed E-state index contributed by atoms with van der Waals surface area (Å²) in [5.41, 5.74) is 0. The van der Waals surface area contributed by atoms with E-state index in [1.807, 2.05) is 5.06 Å². The van der Waals surface area contributed by atoms with E-state index in [0.29, 0.717) is 6.42 Å². The van der Waals surface area contributed by atoms with E-state index in [0.717, 1.165) is 51.7 Å². The van der Waals surface area contributed by atoms with Crippen LogP contribution in [-0.4, -0.2) is 49.7 Å². The zero-order valence-electron chi connectivity index (χ0n) is 31.3. The van der Waals surface area contributed by atoms with E-state index in [4.69, 9.17) is 4.84 Å². The molecule has 0 aliphatic carbocycles. The molecule has 268 valence electrons. The summed E-state index contributed by atoms with van der Waals surface area (Å²) in [5, 5.41) is 1.98. The Bertz CT molecular complexity index is 692. The van der Waals surface area contributed by atoms with E-state index >= 15 is 0 Å². The van der Waals surface area contributed by atoms with Crippen molar-refractivity contribution < 1.29 is 9.63 Å². The molecule has 0 N–H and O–H groups in total. The Hall–Kier alpha value is -1.65. The van der Waals surface area contributed by atoms with Gasteiger partial charge in [0.2, 0.25) is 0 Å². The molecule has 0 heterocycles. The lowest BCUT2D eigenvalue weighted by Crippen LogP contribution is -2.30. The van der Waals surface area contributed by atoms with Crippen molar-refractivity contribution in [1.82, 2.24) is 9.96 Å². The van der Waals surface area contributed by atoms with Gasteiger partial charge in [0.05, 0.1) is 0 Å². The Morgan fingerprint density at radius 3 is 1.22 bits per heavy atom. The van der Waals surface area contributed by atoms with Crippen LogP contribution in [0.5, 0.6) is 0 Å². The van der Waals surface area contributed by atoms with Gasteiger partial charge in [0.25, 0.3) is 0 Å². The maximum Gasteiger partial charge on any atom is 0.325 e. The Morgan fingerprint density at radius 1 is 0.457 bits per heavy atom. The van der Waals surface area contributed by atoms with Gasteiger partial charge in [-0.3, -0.25) is 4.79 Å². The molecule has 0 aromatic heterocycles. The number of carbonyl (C=O) groups is 1. The fourth-order valence-electron chi connectivity index (χ4n) is 5.49. The zero-order valence-corrected chi connectivity index (χ0v) is 31.3. The summed E-state index contributed by atoms with van der Waals surface area (Å²) in [6, 6.07) is 0. The summed E-state index contributed by atoms with van der Waals surface area (Å²) in [7, 11) is 4.10. The molecule has 0 amide bonds. The van der Waals surface area contributed by atoms with E-state index in [1.54, 1.807) is 0 Å². The number of hydrogen-bond donors (Lipinski definition) is 0. The maximum absolute atomic E-state index is 12.5. The van der Waals surface area contributed by atoms with Crippen LogP contribution in [0.4, 0.5) is 0 Å². The van der Waals surface area contributed by atoms with Crippen LogP contribution in [0, 0.1) is 0 Å². The van der Waals surface area contributed by atoms with Crippen molar-refractivity contribution >= 4 is 5.97 Å². The second kappa shape index (κ2) is 37.8. The van der Waals surface area contributed by atoms with Crippen molar-refractivity contribution in [3.05, 3.63) is 48.6 Å². The predicted molar refractivity (Wildman–Crippen MR) is 204 cm³/mol. The molecule has 0 aromatic rings. The highest BCUT2D eigenvalue weighted by Gasteiger charge is 2.12. The van der Waals surface area contributed by atoms with Gasteiger partial charge in [-0.25, -0.2) is 0 Å². The molecule has 0 aliphatic rings. The first-order chi connectivity index (χ1) is 22.6. The van der Waals surface area contributed by atoms with Crippen LogP contribution < -0.4 is 0 Å². The standard InChI is InChI=1S/C42H78N2O2/c1-5-7-9-11-13-15-17-19-21-23-25-27-29-31-33-35-40-44(46-42(45)38-37-39-43(3)4)41-36-34-32-30-28-26-24-22-20-18-16-14-12-10-8-6-2/h13-16,19-22H,5-12,17-18,23-41H2,1-4H3. The monoisotopic (exact) mass is 643 g/mol. The number of rotatable bonds is 35. The highest BCUT2D eigenvalue weighted by atomic mass is 16.7. The van der Waals surface area contributed by atoms with Crippen LogP contribution in [0.1, 0.15) is 181 Å². The Kier molecular flexibility index (Phi) is 36.4. The average Bonchev–Trinajstić information content (AvgIpc) is 3.04. The fraction of sp³-hybridized carbons (Fsp3) is 0.786. The van der Waals surface area contributed by atoms with Gasteiger partial charge < -0.3 is 9.74 Å². The van der Waals surface area contributed by atoms with E-state index in [2.05, 4.69) is 81.5 Å². The molecular weight excluding hydrogens is 564 g/mol. The average molecular weight is 643 g/mol. The minimum absolute atomic E-state index is 0.0677. The van der Waals surface area contributed by atoms with Crippen molar-refractivity contribution in [2.75, 3.05) is 33.7 Å². The molecule has 0 rings (SSSR count). The van der Waals surface area contributed by atoms with Crippen molar-refractivity contribution in [3.63, 3.8) is 0 Å². The largest absolute Gasteiger partial charge is 0.368 e. The first kappa shape index (κ1) is 44.4. The summed E-state index contributed by atoms with van der Waals surface area (Å²) in [5.74, 6) is -0.0677. The number of unbranched alkanes of at least 4 members (excludes halogenated alkanes) is 18. The van der Waals surface area contributed by atoms with Gasteiger partial charge >= 0.3 is 5.97 Å². The van der Waals surface area contributed by atoms with Crippen molar-refractivity contribution in [1.29, 1.82) is 0 Å². The third-order valence-corrected chi connectivity index (χ3v) is 8.43. The van der Waals surface area contributed by atoms with Crippen molar-refractivity contribution in [3.8, 4) is 0 Å². The molecule has 4 heteroatoms. The van der Waals surface area contributed by atoms with Gasteiger partial charge in [-0.1, -0.05) is 140 Å². The van der Waals surface area contributed by atoms with E-state index in [9.17, 15) is 4.79 Å². The number of hydrogen-bond acceptors (Lipinski definition) is 4. The van der Waals surface area contributed by atoms with E-state index in [-0.39, 0.29) is 5.97 Å². The topological polar surface area (TPSA) is 32.8 Å². The van der Waals surface area contributed by atoms with Crippen LogP contribution in [0.2, 0.25) is 0 Å². The lowest BCUT2D eigenvalue weighted by atomic mass is 10.1. The lowest BCUT2D eigenvalue weighted by molar-refractivity contribution is -0.191. The molecular formula is C42H78N2O2.